The quantitative estimate of drug-likeness (QED) is 0.0475. The van der Waals surface area contributed by atoms with E-state index in [0.29, 0.717) is 20.4 Å². The van der Waals surface area contributed by atoms with Gasteiger partial charge in [0.1, 0.15) is 20.4 Å². The van der Waals surface area contributed by atoms with E-state index >= 15 is 0 Å². The van der Waals surface area contributed by atoms with E-state index in [-0.39, 0.29) is 6.54 Å². The molecule has 0 fully saturated rings. The Morgan fingerprint density at radius 2 is 0.611 bits per heavy atom. The van der Waals surface area contributed by atoms with Crippen molar-refractivity contribution in [3.05, 3.63) is 0 Å². The number of aliphatic carboxylic acids is 1. The van der Waals surface area contributed by atoms with Gasteiger partial charge in [-0.15, -0.1) is 0 Å². The van der Waals surface area contributed by atoms with Crippen molar-refractivity contribution >= 4 is 5.97 Å². The van der Waals surface area contributed by atoms with Crippen LogP contribution in [0.5, 0.6) is 0 Å². The van der Waals surface area contributed by atoms with E-state index in [1.54, 1.807) is 0 Å². The Kier molecular flexibility index (Phi) is 45.8. The fraction of sp³-hybridized carbons (Fsp3) is 0.977. The number of rotatable bonds is 48. The summed E-state index contributed by atoms with van der Waals surface area (Å²) in [5.41, 5.74) is 0. The molecule has 324 valence electrons. The van der Waals surface area contributed by atoms with Gasteiger partial charge in [-0.2, -0.15) is 0 Å². The third-order valence-corrected chi connectivity index (χ3v) is 9.77. The molecule has 0 spiro atoms. The molecule has 0 aromatic rings. The molecule has 0 saturated carbocycles. The van der Waals surface area contributed by atoms with Crippen LogP contribution in [-0.2, 0) is 33.2 Å². The Morgan fingerprint density at radius 1 is 0.352 bits per heavy atom. The lowest BCUT2D eigenvalue weighted by Gasteiger charge is -2.25. The molecule has 0 bridgehead atoms. The van der Waals surface area contributed by atoms with Crippen LogP contribution in [0.2, 0.25) is 0 Å². The maximum atomic E-state index is 11.6. The second-order valence-corrected chi connectivity index (χ2v) is 15.1. The fourth-order valence-electron chi connectivity index (χ4n) is 6.42. The molecule has 0 atom stereocenters. The SMILES string of the molecule is CCCCCCOCOCCCCCCN(CCCCCCOCOCCCCCC)CCCN(CCCCCCOCOCCCCCC)CC(=O)O. The van der Waals surface area contributed by atoms with E-state index in [0.717, 1.165) is 137 Å². The monoisotopic (exact) mass is 775 g/mol. The highest BCUT2D eigenvalue weighted by atomic mass is 16.7. The summed E-state index contributed by atoms with van der Waals surface area (Å²) in [6.07, 6.45) is 29.2. The number of unbranched alkanes of at least 4 members (excludes halogenated alkanes) is 18. The molecule has 10 nitrogen and oxygen atoms in total. The van der Waals surface area contributed by atoms with Crippen LogP contribution in [0.4, 0.5) is 0 Å². The third kappa shape index (κ3) is 43.9. The highest BCUT2D eigenvalue weighted by molar-refractivity contribution is 5.69. The molecule has 0 rings (SSSR count). The van der Waals surface area contributed by atoms with Gasteiger partial charge in [-0.05, 0) is 96.9 Å². The summed E-state index contributed by atoms with van der Waals surface area (Å²) in [4.78, 5) is 16.4. The Balaban J connectivity index is 4.33. The first-order valence-electron chi connectivity index (χ1n) is 22.8. The molecular weight excluding hydrogens is 684 g/mol. The van der Waals surface area contributed by atoms with Gasteiger partial charge in [0.05, 0.1) is 6.54 Å². The van der Waals surface area contributed by atoms with Crippen LogP contribution in [0.1, 0.15) is 181 Å². The standard InChI is InChI=1S/C44H90N2O8/c1-4-7-10-22-34-49-41-52-37-25-16-13-19-29-45(30-20-14-17-26-38-53-42-50-35-23-11-8-5-2)32-28-33-46(40-44(47)48)31-21-15-18-27-39-54-43-51-36-24-12-9-6-3/h4-43H2,1-3H3,(H,47,48). The highest BCUT2D eigenvalue weighted by Crippen LogP contribution is 2.09. The second kappa shape index (κ2) is 46.5. The molecule has 10 heteroatoms. The zero-order chi connectivity index (χ0) is 39.3. The normalized spacial score (nSPS) is 11.8. The largest absolute Gasteiger partial charge is 0.480 e. The van der Waals surface area contributed by atoms with Gasteiger partial charge in [0.2, 0.25) is 0 Å². The van der Waals surface area contributed by atoms with Gasteiger partial charge in [0.25, 0.3) is 0 Å². The number of carbonyl (C=O) groups is 1. The van der Waals surface area contributed by atoms with Gasteiger partial charge in [-0.3, -0.25) is 9.69 Å². The molecule has 0 aromatic heterocycles. The van der Waals surface area contributed by atoms with Crippen molar-refractivity contribution < 1.29 is 38.3 Å². The number of carboxylic acids is 1. The Bertz CT molecular complexity index is 690. The van der Waals surface area contributed by atoms with E-state index in [2.05, 4.69) is 30.6 Å². The summed E-state index contributed by atoms with van der Waals surface area (Å²) < 4.78 is 33.7. The summed E-state index contributed by atoms with van der Waals surface area (Å²) in [6, 6.07) is 0. The van der Waals surface area contributed by atoms with Crippen molar-refractivity contribution in [1.82, 2.24) is 9.80 Å². The number of ether oxygens (including phenoxy) is 6. The smallest absolute Gasteiger partial charge is 0.317 e. The van der Waals surface area contributed by atoms with Crippen molar-refractivity contribution in [2.75, 3.05) is 99.3 Å². The van der Waals surface area contributed by atoms with Gasteiger partial charge in [0, 0.05) is 39.6 Å². The van der Waals surface area contributed by atoms with Crippen LogP contribution in [0.25, 0.3) is 0 Å². The highest BCUT2D eigenvalue weighted by Gasteiger charge is 2.11. The number of hydrogen-bond donors (Lipinski definition) is 1. The minimum absolute atomic E-state index is 0.122. The number of hydrogen-bond acceptors (Lipinski definition) is 9. The second-order valence-electron chi connectivity index (χ2n) is 15.1. The molecule has 0 saturated heterocycles. The van der Waals surface area contributed by atoms with Crippen LogP contribution in [0, 0.1) is 0 Å². The molecule has 1 N–H and O–H groups in total. The molecule has 0 aliphatic heterocycles. The number of nitrogens with zero attached hydrogens (tertiary/aromatic N) is 2. The van der Waals surface area contributed by atoms with E-state index in [9.17, 15) is 9.90 Å². The summed E-state index contributed by atoms with van der Waals surface area (Å²) in [5, 5.41) is 9.56. The Hall–Kier alpha value is -0.850. The molecule has 0 radical (unpaired) electrons. The van der Waals surface area contributed by atoms with Gasteiger partial charge in [-0.25, -0.2) is 0 Å². The zero-order valence-corrected chi connectivity index (χ0v) is 36.0. The zero-order valence-electron chi connectivity index (χ0n) is 36.0. The lowest BCUT2D eigenvalue weighted by molar-refractivity contribution is -0.138. The maximum absolute atomic E-state index is 11.6. The lowest BCUT2D eigenvalue weighted by atomic mass is 10.1. The van der Waals surface area contributed by atoms with Crippen molar-refractivity contribution in [3.63, 3.8) is 0 Å². The van der Waals surface area contributed by atoms with Crippen molar-refractivity contribution in [2.45, 2.75) is 181 Å². The average Bonchev–Trinajstić information content (AvgIpc) is 3.16. The minimum atomic E-state index is -0.736. The van der Waals surface area contributed by atoms with Gasteiger partial charge >= 0.3 is 5.97 Å². The average molecular weight is 775 g/mol. The van der Waals surface area contributed by atoms with Crippen LogP contribution in [-0.4, -0.2) is 120 Å². The van der Waals surface area contributed by atoms with Gasteiger partial charge in [-0.1, -0.05) is 117 Å². The van der Waals surface area contributed by atoms with Crippen molar-refractivity contribution in [3.8, 4) is 0 Å². The van der Waals surface area contributed by atoms with Crippen molar-refractivity contribution in [1.29, 1.82) is 0 Å². The third-order valence-electron chi connectivity index (χ3n) is 9.77. The predicted octanol–water partition coefficient (Wildman–Crippen LogP) is 10.5. The molecule has 0 unspecified atom stereocenters. The molecule has 0 aromatic carbocycles. The molecule has 54 heavy (non-hydrogen) atoms. The van der Waals surface area contributed by atoms with E-state index < -0.39 is 5.97 Å². The molecule has 0 aliphatic carbocycles. The predicted molar refractivity (Wildman–Crippen MR) is 223 cm³/mol. The van der Waals surface area contributed by atoms with Crippen LogP contribution < -0.4 is 0 Å². The maximum Gasteiger partial charge on any atom is 0.317 e. The van der Waals surface area contributed by atoms with Crippen LogP contribution >= 0.6 is 0 Å². The van der Waals surface area contributed by atoms with Crippen LogP contribution in [0.15, 0.2) is 0 Å². The van der Waals surface area contributed by atoms with Gasteiger partial charge < -0.3 is 38.4 Å². The number of carboxylic acid groups (broad SMARTS) is 1. The summed E-state index contributed by atoms with van der Waals surface area (Å²) in [5.74, 6) is -0.736. The van der Waals surface area contributed by atoms with Gasteiger partial charge in [0.15, 0.2) is 0 Å². The Labute approximate surface area is 334 Å². The van der Waals surface area contributed by atoms with E-state index in [4.69, 9.17) is 28.4 Å². The minimum Gasteiger partial charge on any atom is -0.480 e. The first-order chi connectivity index (χ1) is 26.6. The first kappa shape index (κ1) is 53.1. The van der Waals surface area contributed by atoms with E-state index in [1.165, 1.54) is 96.3 Å². The Morgan fingerprint density at radius 3 is 0.926 bits per heavy atom. The lowest BCUT2D eigenvalue weighted by Crippen LogP contribution is -2.34. The molecular formula is C44H90N2O8. The van der Waals surface area contributed by atoms with Crippen molar-refractivity contribution in [2.24, 2.45) is 0 Å². The summed E-state index contributed by atoms with van der Waals surface area (Å²) in [6.45, 7) is 17.6. The topological polar surface area (TPSA) is 99.2 Å². The van der Waals surface area contributed by atoms with E-state index in [1.807, 2.05) is 0 Å². The molecule has 0 amide bonds. The fourth-order valence-corrected chi connectivity index (χ4v) is 6.42. The molecule has 0 heterocycles. The summed E-state index contributed by atoms with van der Waals surface area (Å²) in [7, 11) is 0. The van der Waals surface area contributed by atoms with Crippen LogP contribution in [0.3, 0.4) is 0 Å². The summed E-state index contributed by atoms with van der Waals surface area (Å²) >= 11 is 0. The molecule has 0 aliphatic rings. The first-order valence-corrected chi connectivity index (χ1v) is 22.8.